The highest BCUT2D eigenvalue weighted by atomic mass is 16.2. The van der Waals surface area contributed by atoms with Gasteiger partial charge in [0.05, 0.1) is 6.54 Å². The smallest absolute Gasteiger partial charge is 0.239 e. The van der Waals surface area contributed by atoms with Crippen LogP contribution in [0, 0.1) is 5.92 Å². The fraction of sp³-hybridized carbons (Fsp3) is 0.529. The Morgan fingerprint density at radius 2 is 2.00 bits per heavy atom. The van der Waals surface area contributed by atoms with Gasteiger partial charge in [-0.25, -0.2) is 0 Å². The Balaban J connectivity index is 1.62. The molecule has 0 spiro atoms. The number of amides is 2. The highest BCUT2D eigenvalue weighted by Gasteiger charge is 2.24. The minimum atomic E-state index is -0.133. The molecule has 2 amide bonds. The van der Waals surface area contributed by atoms with Gasteiger partial charge >= 0.3 is 0 Å². The van der Waals surface area contributed by atoms with E-state index >= 15 is 0 Å². The Bertz CT molecular complexity index is 490. The van der Waals surface area contributed by atoms with E-state index in [-0.39, 0.29) is 24.3 Å². The van der Waals surface area contributed by atoms with E-state index in [1.54, 1.807) is 0 Å². The number of nitrogens with one attached hydrogen (secondary N) is 3. The van der Waals surface area contributed by atoms with Crippen molar-refractivity contribution in [1.82, 2.24) is 16.0 Å². The molecule has 1 fully saturated rings. The van der Waals surface area contributed by atoms with E-state index in [2.05, 4.69) is 22.9 Å². The fourth-order valence-corrected chi connectivity index (χ4v) is 2.74. The van der Waals surface area contributed by atoms with E-state index < -0.39 is 0 Å². The van der Waals surface area contributed by atoms with Crippen LogP contribution in [0.25, 0.3) is 0 Å². The van der Waals surface area contributed by atoms with Gasteiger partial charge in [-0.1, -0.05) is 30.3 Å². The summed E-state index contributed by atoms with van der Waals surface area (Å²) >= 11 is 0. The summed E-state index contributed by atoms with van der Waals surface area (Å²) < 4.78 is 0. The average molecular weight is 303 g/mol. The molecule has 2 rings (SSSR count). The van der Waals surface area contributed by atoms with Crippen molar-refractivity contribution in [2.24, 2.45) is 5.92 Å². The molecule has 1 aliphatic heterocycles. The SMILES string of the molecule is C[C@H]1C[C@@H](C(=O)NCC(=O)NCCc2ccccc2)CCN1. The third-order valence-electron chi connectivity index (χ3n) is 4.00. The molecule has 1 aromatic carbocycles. The molecule has 120 valence electrons. The van der Waals surface area contributed by atoms with Crippen molar-refractivity contribution in [2.75, 3.05) is 19.6 Å². The molecule has 2 atom stereocenters. The van der Waals surface area contributed by atoms with E-state index in [4.69, 9.17) is 0 Å². The Labute approximate surface area is 131 Å². The van der Waals surface area contributed by atoms with Crippen molar-refractivity contribution in [3.8, 4) is 0 Å². The lowest BCUT2D eigenvalue weighted by molar-refractivity contribution is -0.129. The quantitative estimate of drug-likeness (QED) is 0.730. The lowest BCUT2D eigenvalue weighted by atomic mass is 9.92. The number of hydrogen-bond acceptors (Lipinski definition) is 3. The van der Waals surface area contributed by atoms with Crippen LogP contribution >= 0.6 is 0 Å². The van der Waals surface area contributed by atoms with Crippen molar-refractivity contribution in [1.29, 1.82) is 0 Å². The second-order valence-corrected chi connectivity index (χ2v) is 5.88. The molecule has 1 aromatic rings. The van der Waals surface area contributed by atoms with Gasteiger partial charge in [-0.15, -0.1) is 0 Å². The topological polar surface area (TPSA) is 70.2 Å². The van der Waals surface area contributed by atoms with Crippen molar-refractivity contribution >= 4 is 11.8 Å². The average Bonchev–Trinajstić information content (AvgIpc) is 2.53. The Morgan fingerprint density at radius 1 is 1.23 bits per heavy atom. The minimum absolute atomic E-state index is 0.00782. The van der Waals surface area contributed by atoms with E-state index in [0.717, 1.165) is 25.8 Å². The molecule has 1 heterocycles. The maximum absolute atomic E-state index is 12.0. The summed E-state index contributed by atoms with van der Waals surface area (Å²) in [5.74, 6) is -0.119. The lowest BCUT2D eigenvalue weighted by Crippen LogP contribution is -2.45. The third-order valence-corrected chi connectivity index (χ3v) is 4.00. The number of piperidine rings is 1. The predicted octanol–water partition coefficient (Wildman–Crippen LogP) is 0.850. The van der Waals surface area contributed by atoms with Crippen LogP contribution in [-0.4, -0.2) is 37.5 Å². The Hall–Kier alpha value is -1.88. The van der Waals surface area contributed by atoms with Gasteiger partial charge in [0.25, 0.3) is 0 Å². The summed E-state index contributed by atoms with van der Waals surface area (Å²) in [5, 5.41) is 8.89. The van der Waals surface area contributed by atoms with Gasteiger partial charge < -0.3 is 16.0 Å². The molecule has 0 radical (unpaired) electrons. The molecular formula is C17H25N3O2. The van der Waals surface area contributed by atoms with Gasteiger partial charge in [-0.3, -0.25) is 9.59 Å². The maximum Gasteiger partial charge on any atom is 0.239 e. The van der Waals surface area contributed by atoms with Crippen LogP contribution in [0.3, 0.4) is 0 Å². The first kappa shape index (κ1) is 16.5. The van der Waals surface area contributed by atoms with E-state index in [9.17, 15) is 9.59 Å². The number of hydrogen-bond donors (Lipinski definition) is 3. The molecule has 22 heavy (non-hydrogen) atoms. The second kappa shape index (κ2) is 8.54. The summed E-state index contributed by atoms with van der Waals surface area (Å²) in [7, 11) is 0. The Kier molecular flexibility index (Phi) is 6.40. The number of carbonyl (C=O) groups excluding carboxylic acids is 2. The van der Waals surface area contributed by atoms with Gasteiger partial charge in [-0.05, 0) is 38.3 Å². The molecule has 5 nitrogen and oxygen atoms in total. The van der Waals surface area contributed by atoms with Gasteiger partial charge in [0.2, 0.25) is 11.8 Å². The summed E-state index contributed by atoms with van der Waals surface area (Å²) in [4.78, 5) is 23.8. The number of benzene rings is 1. The molecule has 0 bridgehead atoms. The fourth-order valence-electron chi connectivity index (χ4n) is 2.74. The molecule has 0 unspecified atom stereocenters. The molecule has 5 heteroatoms. The van der Waals surface area contributed by atoms with Crippen LogP contribution in [0.2, 0.25) is 0 Å². The zero-order chi connectivity index (χ0) is 15.8. The highest BCUT2D eigenvalue weighted by Crippen LogP contribution is 2.15. The minimum Gasteiger partial charge on any atom is -0.354 e. The van der Waals surface area contributed by atoms with Crippen LogP contribution in [0.15, 0.2) is 30.3 Å². The maximum atomic E-state index is 12.0. The van der Waals surface area contributed by atoms with Gasteiger partial charge in [0.1, 0.15) is 0 Å². The Morgan fingerprint density at radius 3 is 2.73 bits per heavy atom. The van der Waals surface area contributed by atoms with Gasteiger partial charge in [-0.2, -0.15) is 0 Å². The third kappa shape index (κ3) is 5.48. The normalized spacial score (nSPS) is 21.1. The highest BCUT2D eigenvalue weighted by molar-refractivity contribution is 5.85. The zero-order valence-electron chi connectivity index (χ0n) is 13.1. The molecule has 0 aliphatic carbocycles. The van der Waals surface area contributed by atoms with Crippen LogP contribution in [0.1, 0.15) is 25.3 Å². The van der Waals surface area contributed by atoms with Crippen LogP contribution < -0.4 is 16.0 Å². The van der Waals surface area contributed by atoms with Crippen LogP contribution in [-0.2, 0) is 16.0 Å². The standard InChI is InChI=1S/C17H25N3O2/c1-13-11-15(8-10-18-13)17(22)20-12-16(21)19-9-7-14-5-3-2-4-6-14/h2-6,13,15,18H,7-12H2,1H3,(H,19,21)(H,20,22)/t13-,15-/m0/s1. The summed E-state index contributed by atoms with van der Waals surface area (Å²) in [6, 6.07) is 10.4. The zero-order valence-corrected chi connectivity index (χ0v) is 13.1. The largest absolute Gasteiger partial charge is 0.354 e. The predicted molar refractivity (Wildman–Crippen MR) is 86.4 cm³/mol. The first-order chi connectivity index (χ1) is 10.6. The van der Waals surface area contributed by atoms with Crippen molar-refractivity contribution in [3.05, 3.63) is 35.9 Å². The molecule has 1 aliphatic rings. The number of rotatable bonds is 6. The molecule has 1 saturated heterocycles. The van der Waals surface area contributed by atoms with Gasteiger partial charge in [0, 0.05) is 18.5 Å². The van der Waals surface area contributed by atoms with Crippen LogP contribution in [0.5, 0.6) is 0 Å². The molecule has 3 N–H and O–H groups in total. The summed E-state index contributed by atoms with van der Waals surface area (Å²) in [5.41, 5.74) is 1.19. The van der Waals surface area contributed by atoms with E-state index in [1.165, 1.54) is 5.56 Å². The van der Waals surface area contributed by atoms with Crippen molar-refractivity contribution in [3.63, 3.8) is 0 Å². The molecule has 0 aromatic heterocycles. The van der Waals surface area contributed by atoms with Gasteiger partial charge in [0.15, 0.2) is 0 Å². The number of carbonyl (C=O) groups is 2. The molecule has 0 saturated carbocycles. The second-order valence-electron chi connectivity index (χ2n) is 5.88. The summed E-state index contributed by atoms with van der Waals surface area (Å²) in [6.45, 7) is 3.59. The summed E-state index contributed by atoms with van der Waals surface area (Å²) in [6.07, 6.45) is 2.47. The molecular weight excluding hydrogens is 278 g/mol. The van der Waals surface area contributed by atoms with Crippen molar-refractivity contribution < 1.29 is 9.59 Å². The van der Waals surface area contributed by atoms with Crippen LogP contribution in [0.4, 0.5) is 0 Å². The first-order valence-electron chi connectivity index (χ1n) is 7.97. The van der Waals surface area contributed by atoms with E-state index in [1.807, 2.05) is 30.3 Å². The first-order valence-corrected chi connectivity index (χ1v) is 7.97. The lowest BCUT2D eigenvalue weighted by Gasteiger charge is -2.26. The van der Waals surface area contributed by atoms with Crippen molar-refractivity contribution in [2.45, 2.75) is 32.2 Å². The monoisotopic (exact) mass is 303 g/mol. The van der Waals surface area contributed by atoms with E-state index in [0.29, 0.717) is 12.6 Å².